The Bertz CT molecular complexity index is 405. The summed E-state index contributed by atoms with van der Waals surface area (Å²) in [7, 11) is 0. The van der Waals surface area contributed by atoms with Crippen molar-refractivity contribution in [2.75, 3.05) is 13.1 Å². The molecule has 1 aromatic rings. The van der Waals surface area contributed by atoms with E-state index in [0.29, 0.717) is 13.1 Å². The lowest BCUT2D eigenvalue weighted by atomic mass is 10.1. The summed E-state index contributed by atoms with van der Waals surface area (Å²) in [6, 6.07) is 1.64. The van der Waals surface area contributed by atoms with Gasteiger partial charge < -0.3 is 4.90 Å². The summed E-state index contributed by atoms with van der Waals surface area (Å²) in [5, 5.41) is -0.325. The van der Waals surface area contributed by atoms with Gasteiger partial charge in [-0.2, -0.15) is 0 Å². The van der Waals surface area contributed by atoms with Gasteiger partial charge in [0.05, 0.1) is 10.6 Å². The first-order valence-electron chi connectivity index (χ1n) is 4.95. The molecule has 16 heavy (non-hydrogen) atoms. The Morgan fingerprint density at radius 1 is 1.25 bits per heavy atom. The van der Waals surface area contributed by atoms with Gasteiger partial charge in [0.15, 0.2) is 0 Å². The van der Waals surface area contributed by atoms with E-state index in [4.69, 9.17) is 11.6 Å². The number of benzene rings is 1. The van der Waals surface area contributed by atoms with Gasteiger partial charge in [0.1, 0.15) is 11.6 Å². The highest BCUT2D eigenvalue weighted by Crippen LogP contribution is 2.20. The first kappa shape index (κ1) is 12.9. The van der Waals surface area contributed by atoms with Crippen molar-refractivity contribution in [1.29, 1.82) is 0 Å². The van der Waals surface area contributed by atoms with Gasteiger partial charge in [-0.25, -0.2) is 8.78 Å². The summed E-state index contributed by atoms with van der Waals surface area (Å²) in [4.78, 5) is 13.2. The van der Waals surface area contributed by atoms with Gasteiger partial charge in [-0.15, -0.1) is 0 Å². The van der Waals surface area contributed by atoms with Crippen LogP contribution in [0.25, 0.3) is 0 Å². The molecule has 5 heteroatoms. The highest BCUT2D eigenvalue weighted by atomic mass is 35.5. The summed E-state index contributed by atoms with van der Waals surface area (Å²) < 4.78 is 26.5. The van der Waals surface area contributed by atoms with Crippen LogP contribution in [0.1, 0.15) is 24.2 Å². The smallest absolute Gasteiger partial charge is 0.256 e. The third-order valence-electron chi connectivity index (χ3n) is 2.29. The van der Waals surface area contributed by atoms with Gasteiger partial charge in [-0.3, -0.25) is 4.79 Å². The van der Waals surface area contributed by atoms with Crippen LogP contribution < -0.4 is 0 Å². The lowest BCUT2D eigenvalue weighted by Crippen LogP contribution is -2.31. The van der Waals surface area contributed by atoms with Crippen LogP contribution in [-0.2, 0) is 0 Å². The van der Waals surface area contributed by atoms with Gasteiger partial charge >= 0.3 is 0 Å². The Kier molecular flexibility index (Phi) is 4.24. The summed E-state index contributed by atoms with van der Waals surface area (Å²) in [5.41, 5.74) is -0.286. The predicted molar refractivity (Wildman–Crippen MR) is 58.6 cm³/mol. The molecule has 0 aliphatic carbocycles. The molecule has 2 nitrogen and oxygen atoms in total. The van der Waals surface area contributed by atoms with E-state index in [1.54, 1.807) is 13.8 Å². The Hall–Kier alpha value is -1.16. The zero-order chi connectivity index (χ0) is 12.3. The van der Waals surface area contributed by atoms with Crippen molar-refractivity contribution in [3.05, 3.63) is 34.4 Å². The molecular formula is C11H12ClF2NO. The molecule has 0 unspecified atom stereocenters. The van der Waals surface area contributed by atoms with Gasteiger partial charge in [-0.1, -0.05) is 11.6 Å². The minimum Gasteiger partial charge on any atom is -0.339 e. The third kappa shape index (κ3) is 2.50. The number of nitrogens with zero attached hydrogens (tertiary/aromatic N) is 1. The molecule has 88 valence electrons. The van der Waals surface area contributed by atoms with E-state index >= 15 is 0 Å². The van der Waals surface area contributed by atoms with Crippen LogP contribution in [-0.4, -0.2) is 23.9 Å². The van der Waals surface area contributed by atoms with E-state index in [1.807, 2.05) is 0 Å². The maximum atomic E-state index is 13.4. The minimum atomic E-state index is -0.802. The van der Waals surface area contributed by atoms with Crippen molar-refractivity contribution in [2.24, 2.45) is 0 Å². The first-order chi connectivity index (χ1) is 7.51. The summed E-state index contributed by atoms with van der Waals surface area (Å²) in [6.45, 7) is 4.43. The Labute approximate surface area is 97.8 Å². The second kappa shape index (κ2) is 5.25. The van der Waals surface area contributed by atoms with Crippen LogP contribution >= 0.6 is 11.6 Å². The lowest BCUT2D eigenvalue weighted by molar-refractivity contribution is 0.0768. The largest absolute Gasteiger partial charge is 0.339 e. The Balaban J connectivity index is 3.13. The van der Waals surface area contributed by atoms with Crippen LogP contribution in [0.4, 0.5) is 8.78 Å². The third-order valence-corrected chi connectivity index (χ3v) is 2.58. The highest BCUT2D eigenvalue weighted by molar-refractivity contribution is 6.30. The molecule has 1 rings (SSSR count). The van der Waals surface area contributed by atoms with E-state index in [2.05, 4.69) is 0 Å². The van der Waals surface area contributed by atoms with Gasteiger partial charge in [-0.05, 0) is 26.0 Å². The van der Waals surface area contributed by atoms with Gasteiger partial charge in [0.25, 0.3) is 5.91 Å². The van der Waals surface area contributed by atoms with Crippen molar-refractivity contribution in [2.45, 2.75) is 13.8 Å². The molecule has 0 radical (unpaired) electrons. The molecule has 0 fully saturated rings. The van der Waals surface area contributed by atoms with Crippen LogP contribution in [0.3, 0.4) is 0 Å². The fourth-order valence-electron chi connectivity index (χ4n) is 1.37. The minimum absolute atomic E-state index is 0.286. The molecular weight excluding hydrogens is 236 g/mol. The molecule has 0 N–H and O–H groups in total. The zero-order valence-corrected chi connectivity index (χ0v) is 9.81. The molecule has 0 atom stereocenters. The standard InChI is InChI=1S/C11H12ClF2NO/c1-3-15(4-2)11(16)7-5-10(14)8(12)6-9(7)13/h5-6H,3-4H2,1-2H3. The Morgan fingerprint density at radius 3 is 2.31 bits per heavy atom. The molecule has 0 aliphatic rings. The fraction of sp³-hybridized carbons (Fsp3) is 0.364. The lowest BCUT2D eigenvalue weighted by Gasteiger charge is -2.18. The van der Waals surface area contributed by atoms with Crippen molar-refractivity contribution in [3.8, 4) is 0 Å². The topological polar surface area (TPSA) is 20.3 Å². The van der Waals surface area contributed by atoms with Crippen LogP contribution in [0.15, 0.2) is 12.1 Å². The van der Waals surface area contributed by atoms with Crippen molar-refractivity contribution >= 4 is 17.5 Å². The maximum Gasteiger partial charge on any atom is 0.256 e. The Morgan fingerprint density at radius 2 is 1.81 bits per heavy atom. The monoisotopic (exact) mass is 247 g/mol. The van der Waals surface area contributed by atoms with E-state index in [9.17, 15) is 13.6 Å². The zero-order valence-electron chi connectivity index (χ0n) is 9.06. The van der Waals surface area contributed by atoms with Crippen LogP contribution in [0, 0.1) is 11.6 Å². The van der Waals surface area contributed by atoms with Crippen LogP contribution in [0.5, 0.6) is 0 Å². The van der Waals surface area contributed by atoms with E-state index in [0.717, 1.165) is 12.1 Å². The number of amides is 1. The average Bonchev–Trinajstić information content (AvgIpc) is 2.25. The SMILES string of the molecule is CCN(CC)C(=O)c1cc(F)c(Cl)cc1F. The molecule has 0 aliphatic heterocycles. The number of hydrogen-bond acceptors (Lipinski definition) is 1. The van der Waals surface area contributed by atoms with Gasteiger partial charge in [0, 0.05) is 13.1 Å². The summed E-state index contributed by atoms with van der Waals surface area (Å²) in [6.07, 6.45) is 0. The normalized spacial score (nSPS) is 10.3. The molecule has 0 heterocycles. The van der Waals surface area contributed by atoms with Gasteiger partial charge in [0.2, 0.25) is 0 Å². The molecule has 1 aromatic carbocycles. The molecule has 0 saturated carbocycles. The number of rotatable bonds is 3. The quantitative estimate of drug-likeness (QED) is 0.752. The summed E-state index contributed by atoms with van der Waals surface area (Å²) in [5.74, 6) is -2.13. The second-order valence-electron chi connectivity index (χ2n) is 3.22. The highest BCUT2D eigenvalue weighted by Gasteiger charge is 2.19. The molecule has 0 saturated heterocycles. The summed E-state index contributed by atoms with van der Waals surface area (Å²) >= 11 is 5.40. The van der Waals surface area contributed by atoms with Crippen molar-refractivity contribution in [3.63, 3.8) is 0 Å². The first-order valence-corrected chi connectivity index (χ1v) is 5.32. The van der Waals surface area contributed by atoms with E-state index < -0.39 is 17.5 Å². The van der Waals surface area contributed by atoms with Crippen molar-refractivity contribution in [1.82, 2.24) is 4.90 Å². The van der Waals surface area contributed by atoms with E-state index in [-0.39, 0.29) is 10.6 Å². The number of hydrogen-bond donors (Lipinski definition) is 0. The number of carbonyl (C=O) groups excluding carboxylic acids is 1. The van der Waals surface area contributed by atoms with Crippen LogP contribution in [0.2, 0.25) is 5.02 Å². The second-order valence-corrected chi connectivity index (χ2v) is 3.63. The van der Waals surface area contributed by atoms with E-state index in [1.165, 1.54) is 4.90 Å². The number of carbonyl (C=O) groups is 1. The van der Waals surface area contributed by atoms with Crippen molar-refractivity contribution < 1.29 is 13.6 Å². The maximum absolute atomic E-state index is 13.4. The predicted octanol–water partition coefficient (Wildman–Crippen LogP) is 3.10. The molecule has 0 aromatic heterocycles. The number of halogens is 3. The molecule has 0 bridgehead atoms. The average molecular weight is 248 g/mol. The molecule has 1 amide bonds. The molecule has 0 spiro atoms. The fourth-order valence-corrected chi connectivity index (χ4v) is 1.52.